The molecule has 0 bridgehead atoms. The van der Waals surface area contributed by atoms with Crippen LogP contribution < -0.4 is 0 Å². The second kappa shape index (κ2) is 9.83. The quantitative estimate of drug-likeness (QED) is 0.840. The maximum atomic E-state index is 12.9. The molecule has 2 aromatic rings. The van der Waals surface area contributed by atoms with Crippen molar-refractivity contribution >= 4 is 11.9 Å². The molecule has 144 valence electrons. The summed E-state index contributed by atoms with van der Waals surface area (Å²) in [5.41, 5.74) is 1.43. The first-order valence-electron chi connectivity index (χ1n) is 8.91. The van der Waals surface area contributed by atoms with E-state index in [1.54, 1.807) is 12.1 Å². The highest BCUT2D eigenvalue weighted by molar-refractivity contribution is 5.96. The fourth-order valence-electron chi connectivity index (χ4n) is 3.11. The molecule has 0 spiro atoms. The van der Waals surface area contributed by atoms with Crippen molar-refractivity contribution in [2.75, 3.05) is 13.1 Å². The molecule has 0 atom stereocenters. The van der Waals surface area contributed by atoms with E-state index >= 15 is 0 Å². The molecule has 1 fully saturated rings. The van der Waals surface area contributed by atoms with Gasteiger partial charge in [0.15, 0.2) is 0 Å². The molecule has 3 rings (SSSR count). The van der Waals surface area contributed by atoms with E-state index in [0.717, 1.165) is 25.2 Å². The lowest BCUT2D eigenvalue weighted by Gasteiger charge is -2.26. The zero-order chi connectivity index (χ0) is 19.8. The number of carboxylic acid groups (broad SMARTS) is 2. The van der Waals surface area contributed by atoms with Crippen LogP contribution in [0.25, 0.3) is 0 Å². The molecule has 1 aliphatic heterocycles. The lowest BCUT2D eigenvalue weighted by Crippen LogP contribution is -2.29. The highest BCUT2D eigenvalue weighted by Crippen LogP contribution is 2.14. The van der Waals surface area contributed by atoms with Crippen molar-refractivity contribution in [2.45, 2.75) is 32.7 Å². The first-order valence-corrected chi connectivity index (χ1v) is 8.91. The molecule has 1 heterocycles. The first-order chi connectivity index (χ1) is 12.9. The van der Waals surface area contributed by atoms with Crippen molar-refractivity contribution in [1.29, 1.82) is 0 Å². The third-order valence-corrected chi connectivity index (χ3v) is 4.54. The number of nitrogens with zero attached hydrogens (tertiary/aromatic N) is 1. The Kier molecular flexibility index (Phi) is 7.49. The third-order valence-electron chi connectivity index (χ3n) is 4.54. The van der Waals surface area contributed by atoms with E-state index < -0.39 is 11.9 Å². The van der Waals surface area contributed by atoms with E-state index in [1.807, 2.05) is 6.07 Å². The summed E-state index contributed by atoms with van der Waals surface area (Å²) in [5.74, 6) is -2.35. The van der Waals surface area contributed by atoms with Crippen LogP contribution in [0.4, 0.5) is 4.39 Å². The van der Waals surface area contributed by atoms with Gasteiger partial charge in [0.05, 0.1) is 11.1 Å². The number of carbonyl (C=O) groups is 2. The number of piperidine rings is 1. The number of likely N-dealkylation sites (tertiary alicyclic amines) is 1. The number of rotatable bonds is 4. The number of halogens is 1. The van der Waals surface area contributed by atoms with Crippen LogP contribution >= 0.6 is 0 Å². The molecule has 1 aliphatic rings. The minimum Gasteiger partial charge on any atom is -0.478 e. The van der Waals surface area contributed by atoms with Crippen molar-refractivity contribution in [3.63, 3.8) is 0 Å². The van der Waals surface area contributed by atoms with Gasteiger partial charge in [0.25, 0.3) is 0 Å². The molecule has 1 saturated heterocycles. The molecule has 5 nitrogen and oxygen atoms in total. The lowest BCUT2D eigenvalue weighted by molar-refractivity contribution is 0.0696. The van der Waals surface area contributed by atoms with Gasteiger partial charge in [-0.25, -0.2) is 14.0 Å². The fraction of sp³-hybridized carbons (Fsp3) is 0.333. The number of hydrogen-bond acceptors (Lipinski definition) is 3. The summed E-state index contributed by atoms with van der Waals surface area (Å²) in [4.78, 5) is 23.6. The Morgan fingerprint density at radius 1 is 0.963 bits per heavy atom. The van der Waals surface area contributed by atoms with Crippen molar-refractivity contribution in [1.82, 2.24) is 4.90 Å². The lowest BCUT2D eigenvalue weighted by atomic mass is 10.0. The summed E-state index contributed by atoms with van der Waals surface area (Å²) < 4.78 is 12.9. The summed E-state index contributed by atoms with van der Waals surface area (Å²) in [6.07, 6.45) is 3.92. The average molecular weight is 373 g/mol. The molecule has 2 aromatic carbocycles. The van der Waals surface area contributed by atoms with Gasteiger partial charge in [0, 0.05) is 6.54 Å². The van der Waals surface area contributed by atoms with Crippen LogP contribution in [0.5, 0.6) is 0 Å². The Morgan fingerprint density at radius 3 is 2.04 bits per heavy atom. The molecule has 27 heavy (non-hydrogen) atoms. The topological polar surface area (TPSA) is 77.8 Å². The minimum atomic E-state index is -1.11. The molecule has 0 unspecified atom stereocenters. The van der Waals surface area contributed by atoms with Gasteiger partial charge in [-0.15, -0.1) is 0 Å². The van der Waals surface area contributed by atoms with Crippen LogP contribution in [-0.2, 0) is 6.54 Å². The fourth-order valence-corrected chi connectivity index (χ4v) is 3.11. The van der Waals surface area contributed by atoms with E-state index in [1.165, 1.54) is 50.5 Å². The van der Waals surface area contributed by atoms with Crippen LogP contribution in [0.15, 0.2) is 42.5 Å². The van der Waals surface area contributed by atoms with Gasteiger partial charge in [0.2, 0.25) is 0 Å². The van der Waals surface area contributed by atoms with Crippen LogP contribution in [0.1, 0.15) is 51.1 Å². The second-order valence-corrected chi connectivity index (χ2v) is 6.56. The molecule has 0 saturated carbocycles. The smallest absolute Gasteiger partial charge is 0.335 e. The summed E-state index contributed by atoms with van der Waals surface area (Å²) in [5, 5.41) is 17.4. The normalized spacial score (nSPS) is 14.1. The molecule has 0 aliphatic carbocycles. The number of aromatic carboxylic acids is 2. The Balaban J connectivity index is 0.000000194. The van der Waals surface area contributed by atoms with Crippen LogP contribution in [0, 0.1) is 12.7 Å². The van der Waals surface area contributed by atoms with E-state index in [4.69, 9.17) is 10.2 Å². The number of benzene rings is 2. The predicted molar refractivity (Wildman–Crippen MR) is 101 cm³/mol. The second-order valence-electron chi connectivity index (χ2n) is 6.56. The molecule has 2 N–H and O–H groups in total. The maximum Gasteiger partial charge on any atom is 0.335 e. The molecule has 6 heteroatoms. The third kappa shape index (κ3) is 6.18. The van der Waals surface area contributed by atoms with Gasteiger partial charge in [-0.3, -0.25) is 4.90 Å². The van der Waals surface area contributed by atoms with E-state index in [-0.39, 0.29) is 22.5 Å². The predicted octanol–water partition coefficient (Wildman–Crippen LogP) is 4.20. The average Bonchev–Trinajstić information content (AvgIpc) is 2.63. The van der Waals surface area contributed by atoms with Gasteiger partial charge >= 0.3 is 11.9 Å². The minimum absolute atomic E-state index is 0.0277. The van der Waals surface area contributed by atoms with Gasteiger partial charge in [-0.05, 0) is 68.2 Å². The van der Waals surface area contributed by atoms with Crippen LogP contribution in [0.2, 0.25) is 0 Å². The highest BCUT2D eigenvalue weighted by atomic mass is 19.1. The van der Waals surface area contributed by atoms with Crippen molar-refractivity contribution < 1.29 is 24.2 Å². The van der Waals surface area contributed by atoms with Crippen molar-refractivity contribution in [3.8, 4) is 0 Å². The van der Waals surface area contributed by atoms with Gasteiger partial charge in [-0.2, -0.15) is 0 Å². The van der Waals surface area contributed by atoms with E-state index in [0.29, 0.717) is 0 Å². The van der Waals surface area contributed by atoms with Gasteiger partial charge in [0.1, 0.15) is 5.82 Å². The molecule has 0 radical (unpaired) electrons. The molecular weight excluding hydrogens is 349 g/mol. The molecule has 0 amide bonds. The monoisotopic (exact) mass is 373 g/mol. The molecule has 0 aromatic heterocycles. The van der Waals surface area contributed by atoms with Gasteiger partial charge in [-0.1, -0.05) is 24.6 Å². The summed E-state index contributed by atoms with van der Waals surface area (Å²) in [7, 11) is 0. The summed E-state index contributed by atoms with van der Waals surface area (Å²) in [6, 6.07) is 11.1. The van der Waals surface area contributed by atoms with E-state index in [2.05, 4.69) is 4.90 Å². The van der Waals surface area contributed by atoms with Gasteiger partial charge < -0.3 is 10.2 Å². The zero-order valence-electron chi connectivity index (χ0n) is 15.3. The highest BCUT2D eigenvalue weighted by Gasteiger charge is 2.13. The number of carboxylic acids is 2. The first kappa shape index (κ1) is 20.6. The standard InChI is InChI=1S/C12H16FN.C9H8O4/c13-12-6-4-5-11(9-12)10-14-7-2-1-3-8-14;1-5-6(8(10)11)3-2-4-7(5)9(12)13/h4-6,9H,1-3,7-8,10H2;2-4H,1H3,(H,10,11)(H,12,13). The summed E-state index contributed by atoms with van der Waals surface area (Å²) in [6.45, 7) is 4.71. The van der Waals surface area contributed by atoms with Crippen LogP contribution in [0.3, 0.4) is 0 Å². The SMILES string of the molecule is Cc1c(C(=O)O)cccc1C(=O)O.Fc1cccc(CN2CCCCC2)c1. The van der Waals surface area contributed by atoms with Crippen molar-refractivity contribution in [2.24, 2.45) is 0 Å². The Labute approximate surface area is 158 Å². The maximum absolute atomic E-state index is 12.9. The Hall–Kier alpha value is -2.73. The Morgan fingerprint density at radius 2 is 1.52 bits per heavy atom. The van der Waals surface area contributed by atoms with Crippen molar-refractivity contribution in [3.05, 3.63) is 70.5 Å². The number of hydrogen-bond donors (Lipinski definition) is 2. The van der Waals surface area contributed by atoms with E-state index in [9.17, 15) is 14.0 Å². The largest absolute Gasteiger partial charge is 0.478 e. The van der Waals surface area contributed by atoms with Crippen LogP contribution in [-0.4, -0.2) is 40.1 Å². The zero-order valence-corrected chi connectivity index (χ0v) is 15.3. The summed E-state index contributed by atoms with van der Waals surface area (Å²) >= 11 is 0. The Bertz CT molecular complexity index is 768. The molecular formula is C21H24FNO4.